The van der Waals surface area contributed by atoms with Gasteiger partial charge in [0.25, 0.3) is 0 Å². The largest absolute Gasteiger partial charge is 0.424 e. The Morgan fingerprint density at radius 3 is 2.44 bits per heavy atom. The minimum Gasteiger partial charge on any atom is -0.424 e. The van der Waals surface area contributed by atoms with Gasteiger partial charge in [0, 0.05) is 18.7 Å². The van der Waals surface area contributed by atoms with Gasteiger partial charge in [-0.15, -0.1) is 0 Å². The van der Waals surface area contributed by atoms with Crippen molar-refractivity contribution in [3.05, 3.63) is 23.5 Å². The highest BCUT2D eigenvalue weighted by atomic mass is 32.2. The van der Waals surface area contributed by atoms with Gasteiger partial charge in [-0.3, -0.25) is 9.59 Å². The summed E-state index contributed by atoms with van der Waals surface area (Å²) in [6, 6.07) is 2.60. The summed E-state index contributed by atoms with van der Waals surface area (Å²) in [6.07, 6.45) is 0. The molecule has 0 atom stereocenters. The molecule has 0 radical (unpaired) electrons. The standard InChI is InChI=1S/C11H11FO3S/c1-6-4-9(12)10(15-7(2)13)5-11(6)16-8(3)14/h4-5H,1-3H3. The Labute approximate surface area is 97.0 Å². The number of hydrogen-bond acceptors (Lipinski definition) is 4. The van der Waals surface area contributed by atoms with Gasteiger partial charge in [-0.1, -0.05) is 11.8 Å². The van der Waals surface area contributed by atoms with Gasteiger partial charge >= 0.3 is 5.97 Å². The quantitative estimate of drug-likeness (QED) is 0.454. The van der Waals surface area contributed by atoms with Gasteiger partial charge in [-0.2, -0.15) is 0 Å². The molecule has 0 heterocycles. The first-order chi connectivity index (χ1) is 7.40. The number of carbonyl (C=O) groups is 2. The molecule has 1 aromatic carbocycles. The number of carbonyl (C=O) groups excluding carboxylic acids is 2. The molecule has 0 aliphatic rings. The fourth-order valence-corrected chi connectivity index (χ4v) is 1.83. The van der Waals surface area contributed by atoms with E-state index in [9.17, 15) is 14.0 Å². The van der Waals surface area contributed by atoms with Crippen molar-refractivity contribution in [2.45, 2.75) is 25.7 Å². The van der Waals surface area contributed by atoms with Crippen LogP contribution >= 0.6 is 11.8 Å². The highest BCUT2D eigenvalue weighted by Crippen LogP contribution is 2.29. The highest BCUT2D eigenvalue weighted by Gasteiger charge is 2.12. The van der Waals surface area contributed by atoms with Crippen LogP contribution in [0.4, 0.5) is 4.39 Å². The predicted octanol–water partition coefficient (Wildman–Crippen LogP) is 2.70. The smallest absolute Gasteiger partial charge is 0.308 e. The summed E-state index contributed by atoms with van der Waals surface area (Å²) in [5.74, 6) is -1.36. The number of ether oxygens (including phenoxy) is 1. The molecule has 0 N–H and O–H groups in total. The van der Waals surface area contributed by atoms with Crippen LogP contribution in [0, 0.1) is 12.7 Å². The van der Waals surface area contributed by atoms with Crippen LogP contribution in [-0.2, 0) is 9.59 Å². The average molecular weight is 242 g/mol. The first kappa shape index (κ1) is 12.7. The zero-order valence-corrected chi connectivity index (χ0v) is 9.98. The van der Waals surface area contributed by atoms with Crippen LogP contribution in [0.3, 0.4) is 0 Å². The molecule has 0 fully saturated rings. The minimum absolute atomic E-state index is 0.108. The molecule has 0 unspecified atom stereocenters. The number of thioether (sulfide) groups is 1. The highest BCUT2D eigenvalue weighted by molar-refractivity contribution is 8.13. The zero-order valence-electron chi connectivity index (χ0n) is 9.17. The van der Waals surface area contributed by atoms with E-state index in [4.69, 9.17) is 0 Å². The third kappa shape index (κ3) is 3.34. The third-order valence-electron chi connectivity index (χ3n) is 1.74. The van der Waals surface area contributed by atoms with Crippen molar-refractivity contribution in [1.82, 2.24) is 0 Å². The Morgan fingerprint density at radius 2 is 1.94 bits per heavy atom. The minimum atomic E-state index is -0.611. The molecule has 86 valence electrons. The van der Waals surface area contributed by atoms with Gasteiger partial charge in [0.05, 0.1) is 0 Å². The van der Waals surface area contributed by atoms with Gasteiger partial charge in [0.1, 0.15) is 0 Å². The van der Waals surface area contributed by atoms with Gasteiger partial charge < -0.3 is 4.74 Å². The lowest BCUT2D eigenvalue weighted by Crippen LogP contribution is -2.04. The zero-order chi connectivity index (χ0) is 12.3. The monoisotopic (exact) mass is 242 g/mol. The van der Waals surface area contributed by atoms with Crippen molar-refractivity contribution in [2.24, 2.45) is 0 Å². The van der Waals surface area contributed by atoms with E-state index in [1.807, 2.05) is 0 Å². The lowest BCUT2D eigenvalue weighted by molar-refractivity contribution is -0.132. The van der Waals surface area contributed by atoms with Crippen LogP contribution in [0.15, 0.2) is 17.0 Å². The van der Waals surface area contributed by atoms with E-state index in [0.717, 1.165) is 11.8 Å². The summed E-state index contributed by atoms with van der Waals surface area (Å²) < 4.78 is 18.0. The molecule has 0 saturated heterocycles. The second-order valence-corrected chi connectivity index (χ2v) is 4.45. The summed E-state index contributed by atoms with van der Waals surface area (Å²) in [6.45, 7) is 4.29. The molecule has 1 rings (SSSR count). The van der Waals surface area contributed by atoms with Crippen molar-refractivity contribution >= 4 is 22.8 Å². The first-order valence-electron chi connectivity index (χ1n) is 4.57. The van der Waals surface area contributed by atoms with E-state index < -0.39 is 11.8 Å². The van der Waals surface area contributed by atoms with Gasteiger partial charge in [0.15, 0.2) is 16.7 Å². The van der Waals surface area contributed by atoms with Crippen molar-refractivity contribution in [2.75, 3.05) is 0 Å². The molecule has 0 aliphatic heterocycles. The number of hydrogen-bond donors (Lipinski definition) is 0. The molecule has 0 bridgehead atoms. The molecule has 1 aromatic rings. The van der Waals surface area contributed by atoms with Gasteiger partial charge in [-0.05, 0) is 24.6 Å². The lowest BCUT2D eigenvalue weighted by Gasteiger charge is -2.08. The van der Waals surface area contributed by atoms with E-state index in [1.54, 1.807) is 6.92 Å². The number of benzene rings is 1. The van der Waals surface area contributed by atoms with Crippen LogP contribution < -0.4 is 4.74 Å². The maximum Gasteiger partial charge on any atom is 0.308 e. The lowest BCUT2D eigenvalue weighted by atomic mass is 10.2. The fourth-order valence-electron chi connectivity index (χ4n) is 1.13. The van der Waals surface area contributed by atoms with Crippen molar-refractivity contribution in [3.63, 3.8) is 0 Å². The SMILES string of the molecule is CC(=O)Oc1cc(SC(C)=O)c(C)cc1F. The summed E-state index contributed by atoms with van der Waals surface area (Å²) in [7, 11) is 0. The Balaban J connectivity index is 3.10. The van der Waals surface area contributed by atoms with E-state index >= 15 is 0 Å². The molecule has 0 spiro atoms. The second-order valence-electron chi connectivity index (χ2n) is 3.24. The number of halogens is 1. The summed E-state index contributed by atoms with van der Waals surface area (Å²) in [4.78, 5) is 22.3. The van der Waals surface area contributed by atoms with Crippen molar-refractivity contribution < 1.29 is 18.7 Å². The molecule has 5 heteroatoms. The van der Waals surface area contributed by atoms with Crippen LogP contribution in [0.5, 0.6) is 5.75 Å². The normalized spacial score (nSPS) is 10.0. The average Bonchev–Trinajstić information content (AvgIpc) is 2.11. The van der Waals surface area contributed by atoms with Crippen molar-refractivity contribution in [3.8, 4) is 5.75 Å². The van der Waals surface area contributed by atoms with Crippen LogP contribution in [-0.4, -0.2) is 11.1 Å². The third-order valence-corrected chi connectivity index (χ3v) is 2.68. The van der Waals surface area contributed by atoms with Gasteiger partial charge in [-0.25, -0.2) is 4.39 Å². The van der Waals surface area contributed by atoms with Crippen LogP contribution in [0.2, 0.25) is 0 Å². The second kappa shape index (κ2) is 5.12. The Hall–Kier alpha value is -1.36. The topological polar surface area (TPSA) is 43.4 Å². The predicted molar refractivity (Wildman–Crippen MR) is 59.0 cm³/mol. The molecule has 0 amide bonds. The maximum atomic E-state index is 13.4. The molecule has 3 nitrogen and oxygen atoms in total. The first-order valence-corrected chi connectivity index (χ1v) is 5.38. The molecular weight excluding hydrogens is 231 g/mol. The fraction of sp³-hybridized carbons (Fsp3) is 0.273. The summed E-state index contributed by atoms with van der Waals surface area (Å²) >= 11 is 0.978. The Bertz CT molecular complexity index is 406. The van der Waals surface area contributed by atoms with E-state index in [1.165, 1.54) is 26.0 Å². The summed E-state index contributed by atoms with van der Waals surface area (Å²) in [5.41, 5.74) is 0.633. The number of esters is 1. The Morgan fingerprint density at radius 1 is 1.31 bits per heavy atom. The summed E-state index contributed by atoms with van der Waals surface area (Å²) in [5, 5.41) is -0.108. The van der Waals surface area contributed by atoms with Crippen LogP contribution in [0.1, 0.15) is 19.4 Å². The van der Waals surface area contributed by atoms with E-state index in [-0.39, 0.29) is 10.9 Å². The number of aryl methyl sites for hydroxylation is 1. The Kier molecular flexibility index (Phi) is 4.06. The molecule has 16 heavy (non-hydrogen) atoms. The van der Waals surface area contributed by atoms with Crippen molar-refractivity contribution in [1.29, 1.82) is 0 Å². The van der Waals surface area contributed by atoms with E-state index in [2.05, 4.69) is 4.74 Å². The van der Waals surface area contributed by atoms with E-state index in [0.29, 0.717) is 10.5 Å². The molecule has 0 saturated carbocycles. The van der Waals surface area contributed by atoms with Gasteiger partial charge in [0.2, 0.25) is 0 Å². The number of rotatable bonds is 2. The maximum absolute atomic E-state index is 13.4. The molecule has 0 aromatic heterocycles. The van der Waals surface area contributed by atoms with Crippen LogP contribution in [0.25, 0.3) is 0 Å². The molecular formula is C11H11FO3S. The molecule has 0 aliphatic carbocycles.